The van der Waals surface area contributed by atoms with E-state index in [9.17, 15) is 0 Å². The van der Waals surface area contributed by atoms with E-state index >= 15 is 0 Å². The van der Waals surface area contributed by atoms with E-state index in [1.165, 1.54) is 19.4 Å². The van der Waals surface area contributed by atoms with Crippen molar-refractivity contribution in [1.82, 2.24) is 10.6 Å². The minimum absolute atomic E-state index is 0.625. The van der Waals surface area contributed by atoms with Crippen LogP contribution in [0.15, 0.2) is 0 Å². The highest BCUT2D eigenvalue weighted by Gasteiger charge is 2.05. The van der Waals surface area contributed by atoms with Gasteiger partial charge in [0.1, 0.15) is 0 Å². The number of hydrogen-bond acceptors (Lipinski definition) is 2. The highest BCUT2D eigenvalue weighted by molar-refractivity contribution is 5.44. The van der Waals surface area contributed by atoms with Crippen LogP contribution in [0.25, 0.3) is 0 Å². The normalized spacial score (nSPS) is 22.8. The zero-order chi connectivity index (χ0) is 7.82. The molecule has 1 atom stereocenters. The van der Waals surface area contributed by atoms with Crippen LogP contribution in [0.1, 0.15) is 19.8 Å². The molecule has 0 aromatic carbocycles. The Bertz CT molecular complexity index is 79.7. The smallest absolute Gasteiger partial charge is 0.206 e. The highest BCUT2D eigenvalue weighted by atomic mass is 16.1. The summed E-state index contributed by atoms with van der Waals surface area (Å²) in [7, 11) is 1.56. The quantitative estimate of drug-likeness (QED) is 0.513. The fourth-order valence-corrected chi connectivity index (χ4v) is 0.859. The summed E-state index contributed by atoms with van der Waals surface area (Å²) < 4.78 is 0. The van der Waals surface area contributed by atoms with Gasteiger partial charge >= 0.3 is 0 Å². The lowest BCUT2D eigenvalue weighted by Crippen LogP contribution is -2.16. The average molecular weight is 144 g/mol. The van der Waals surface area contributed by atoms with Gasteiger partial charge in [0.05, 0.1) is 0 Å². The van der Waals surface area contributed by atoms with E-state index in [2.05, 4.69) is 17.6 Å². The number of carbonyl (C=O) groups excluding carboxylic acids is 1. The molecule has 0 spiro atoms. The van der Waals surface area contributed by atoms with Crippen LogP contribution in [0.5, 0.6) is 0 Å². The highest BCUT2D eigenvalue weighted by Crippen LogP contribution is 2.01. The molecule has 1 amide bonds. The summed E-state index contributed by atoms with van der Waals surface area (Å²) in [4.78, 5) is 9.06. The standard InChI is InChI=1S/C5H11N.C2H5NO/c1-5-3-2-4-6-5;1-3-2-4/h5-6H,2-4H2,1H3;2H,1H3,(H,3,4). The lowest BCUT2D eigenvalue weighted by molar-refractivity contribution is -0.109. The number of nitrogens with one attached hydrogen (secondary N) is 2. The van der Waals surface area contributed by atoms with Crippen molar-refractivity contribution in [2.45, 2.75) is 25.8 Å². The first-order chi connectivity index (χ1) is 4.81. The first kappa shape index (κ1) is 9.43. The molecule has 0 aliphatic carbocycles. The zero-order valence-corrected chi connectivity index (χ0v) is 6.68. The molecule has 1 aliphatic rings. The summed E-state index contributed by atoms with van der Waals surface area (Å²) in [5.74, 6) is 0. The summed E-state index contributed by atoms with van der Waals surface area (Å²) in [6.45, 7) is 3.47. The molecule has 3 nitrogen and oxygen atoms in total. The van der Waals surface area contributed by atoms with E-state index in [4.69, 9.17) is 4.79 Å². The Morgan fingerprint density at radius 1 is 1.70 bits per heavy atom. The van der Waals surface area contributed by atoms with Crippen molar-refractivity contribution >= 4 is 6.41 Å². The molecule has 0 bridgehead atoms. The molecule has 1 unspecified atom stereocenters. The fraction of sp³-hybridized carbons (Fsp3) is 0.857. The summed E-state index contributed by atoms with van der Waals surface area (Å²) in [6, 6.07) is 0.796. The third kappa shape index (κ3) is 5.56. The molecule has 1 rings (SSSR count). The molecule has 1 saturated heterocycles. The lowest BCUT2D eigenvalue weighted by atomic mass is 10.3. The number of hydrogen-bond donors (Lipinski definition) is 2. The van der Waals surface area contributed by atoms with Gasteiger partial charge in [0.25, 0.3) is 0 Å². The summed E-state index contributed by atoms with van der Waals surface area (Å²) in [5, 5.41) is 5.57. The van der Waals surface area contributed by atoms with Gasteiger partial charge in [-0.3, -0.25) is 4.79 Å². The first-order valence-corrected chi connectivity index (χ1v) is 3.65. The van der Waals surface area contributed by atoms with Gasteiger partial charge in [0.15, 0.2) is 0 Å². The SMILES string of the molecule is CC1CCCN1.CNC=O. The molecular formula is C7H16N2O. The molecule has 0 saturated carbocycles. The molecule has 60 valence electrons. The van der Waals surface area contributed by atoms with E-state index in [1.54, 1.807) is 7.05 Å². The van der Waals surface area contributed by atoms with Gasteiger partial charge in [-0.15, -0.1) is 0 Å². The topological polar surface area (TPSA) is 41.1 Å². The minimum atomic E-state index is 0.625. The van der Waals surface area contributed by atoms with Crippen LogP contribution in [0.2, 0.25) is 0 Å². The number of rotatable bonds is 1. The summed E-state index contributed by atoms with van der Waals surface area (Å²) >= 11 is 0. The maximum absolute atomic E-state index is 9.06. The molecule has 2 N–H and O–H groups in total. The Morgan fingerprint density at radius 3 is 2.40 bits per heavy atom. The Morgan fingerprint density at radius 2 is 2.30 bits per heavy atom. The maximum Gasteiger partial charge on any atom is 0.206 e. The predicted octanol–water partition coefficient (Wildman–Crippen LogP) is 0.120. The van der Waals surface area contributed by atoms with Crippen LogP contribution >= 0.6 is 0 Å². The van der Waals surface area contributed by atoms with Gasteiger partial charge in [0.2, 0.25) is 6.41 Å². The summed E-state index contributed by atoms with van der Waals surface area (Å²) in [5.41, 5.74) is 0. The Hall–Kier alpha value is -0.570. The molecule has 1 aliphatic heterocycles. The molecule has 0 radical (unpaired) electrons. The van der Waals surface area contributed by atoms with E-state index < -0.39 is 0 Å². The van der Waals surface area contributed by atoms with Crippen LogP contribution in [-0.4, -0.2) is 26.0 Å². The maximum atomic E-state index is 9.06. The van der Waals surface area contributed by atoms with Crippen molar-refractivity contribution in [1.29, 1.82) is 0 Å². The van der Waals surface area contributed by atoms with Crippen molar-refractivity contribution < 1.29 is 4.79 Å². The van der Waals surface area contributed by atoms with Gasteiger partial charge in [0, 0.05) is 13.1 Å². The molecule has 1 heterocycles. The van der Waals surface area contributed by atoms with Gasteiger partial charge < -0.3 is 10.6 Å². The fourth-order valence-electron chi connectivity index (χ4n) is 0.859. The van der Waals surface area contributed by atoms with Crippen LogP contribution in [0, 0.1) is 0 Å². The van der Waals surface area contributed by atoms with Gasteiger partial charge in [-0.05, 0) is 26.3 Å². The molecule has 0 aromatic rings. The Labute approximate surface area is 62.2 Å². The van der Waals surface area contributed by atoms with Crippen LogP contribution < -0.4 is 10.6 Å². The van der Waals surface area contributed by atoms with Gasteiger partial charge in [-0.25, -0.2) is 0 Å². The van der Waals surface area contributed by atoms with Crippen molar-refractivity contribution in [2.75, 3.05) is 13.6 Å². The van der Waals surface area contributed by atoms with Crippen LogP contribution in [-0.2, 0) is 4.79 Å². The van der Waals surface area contributed by atoms with Crippen molar-refractivity contribution in [3.63, 3.8) is 0 Å². The average Bonchev–Trinajstić information content (AvgIpc) is 2.40. The van der Waals surface area contributed by atoms with E-state index in [0.29, 0.717) is 6.41 Å². The van der Waals surface area contributed by atoms with Crippen molar-refractivity contribution in [2.24, 2.45) is 0 Å². The second kappa shape index (κ2) is 6.55. The third-order valence-corrected chi connectivity index (χ3v) is 1.42. The molecule has 1 fully saturated rings. The molecule has 10 heavy (non-hydrogen) atoms. The zero-order valence-electron chi connectivity index (χ0n) is 6.68. The van der Waals surface area contributed by atoms with E-state index in [1.807, 2.05) is 0 Å². The van der Waals surface area contributed by atoms with E-state index in [-0.39, 0.29) is 0 Å². The van der Waals surface area contributed by atoms with Crippen LogP contribution in [0.4, 0.5) is 0 Å². The third-order valence-electron chi connectivity index (χ3n) is 1.42. The monoisotopic (exact) mass is 144 g/mol. The summed E-state index contributed by atoms with van der Waals surface area (Å²) in [6.07, 6.45) is 3.38. The van der Waals surface area contributed by atoms with Gasteiger partial charge in [-0.2, -0.15) is 0 Å². The van der Waals surface area contributed by atoms with Crippen LogP contribution in [0.3, 0.4) is 0 Å². The molecule has 3 heteroatoms. The largest absolute Gasteiger partial charge is 0.362 e. The first-order valence-electron chi connectivity index (χ1n) is 3.65. The molecular weight excluding hydrogens is 128 g/mol. The predicted molar refractivity (Wildman–Crippen MR) is 41.8 cm³/mol. The lowest BCUT2D eigenvalue weighted by Gasteiger charge is -1.95. The minimum Gasteiger partial charge on any atom is -0.362 e. The van der Waals surface area contributed by atoms with E-state index in [0.717, 1.165) is 6.04 Å². The molecule has 0 aromatic heterocycles. The second-order valence-electron chi connectivity index (χ2n) is 2.40. The number of carbonyl (C=O) groups is 1. The second-order valence-corrected chi connectivity index (χ2v) is 2.40. The van der Waals surface area contributed by atoms with Gasteiger partial charge in [-0.1, -0.05) is 0 Å². The Kier molecular flexibility index (Phi) is 6.18. The number of amides is 1. The van der Waals surface area contributed by atoms with Crippen molar-refractivity contribution in [3.05, 3.63) is 0 Å². The van der Waals surface area contributed by atoms with Crippen molar-refractivity contribution in [3.8, 4) is 0 Å². The Balaban J connectivity index is 0.000000180.